The van der Waals surface area contributed by atoms with Crippen LogP contribution in [-0.4, -0.2) is 39.6 Å². The SMILES string of the molecule is CCCOc1c(Br)cc(/C=N/NC(=O)c2ccc(OC)c(OCC)c2)cc1OC. The number of ether oxygens (including phenoxy) is 4. The van der Waals surface area contributed by atoms with Crippen molar-refractivity contribution in [2.75, 3.05) is 27.4 Å². The second kappa shape index (κ2) is 11.3. The van der Waals surface area contributed by atoms with E-state index in [-0.39, 0.29) is 5.91 Å². The molecule has 2 aromatic carbocycles. The van der Waals surface area contributed by atoms with Gasteiger partial charge in [-0.25, -0.2) is 5.43 Å². The van der Waals surface area contributed by atoms with Gasteiger partial charge in [-0.1, -0.05) is 6.92 Å². The average Bonchev–Trinajstić information content (AvgIpc) is 2.72. The Morgan fingerprint density at radius 2 is 1.83 bits per heavy atom. The number of hydrazone groups is 1. The number of nitrogens with zero attached hydrogens (tertiary/aromatic N) is 1. The van der Waals surface area contributed by atoms with Crippen LogP contribution in [0.3, 0.4) is 0 Å². The van der Waals surface area contributed by atoms with E-state index >= 15 is 0 Å². The summed E-state index contributed by atoms with van der Waals surface area (Å²) in [6.07, 6.45) is 2.42. The number of amides is 1. The van der Waals surface area contributed by atoms with Gasteiger partial charge in [-0.3, -0.25) is 4.79 Å². The molecule has 0 aliphatic carbocycles. The highest BCUT2D eigenvalue weighted by atomic mass is 79.9. The summed E-state index contributed by atoms with van der Waals surface area (Å²) in [5.41, 5.74) is 3.66. The predicted molar refractivity (Wildman–Crippen MR) is 116 cm³/mol. The zero-order valence-electron chi connectivity index (χ0n) is 17.0. The fourth-order valence-corrected chi connectivity index (χ4v) is 3.05. The lowest BCUT2D eigenvalue weighted by molar-refractivity contribution is 0.0954. The number of methoxy groups -OCH3 is 2. The molecule has 0 atom stereocenters. The second-order valence-electron chi connectivity index (χ2n) is 5.88. The molecular formula is C21H25BrN2O5. The molecule has 0 radical (unpaired) electrons. The molecule has 0 saturated heterocycles. The van der Waals surface area contributed by atoms with Crippen LogP contribution in [-0.2, 0) is 0 Å². The van der Waals surface area contributed by atoms with E-state index in [1.165, 1.54) is 6.21 Å². The normalized spacial score (nSPS) is 10.7. The van der Waals surface area contributed by atoms with Gasteiger partial charge in [0.25, 0.3) is 5.91 Å². The van der Waals surface area contributed by atoms with Crippen LogP contribution in [0.4, 0.5) is 0 Å². The maximum Gasteiger partial charge on any atom is 0.271 e. The third kappa shape index (κ3) is 6.12. The molecule has 0 unspecified atom stereocenters. The largest absolute Gasteiger partial charge is 0.493 e. The molecule has 0 aromatic heterocycles. The summed E-state index contributed by atoms with van der Waals surface area (Å²) in [6.45, 7) is 4.95. The van der Waals surface area contributed by atoms with Gasteiger partial charge in [-0.15, -0.1) is 0 Å². The average molecular weight is 465 g/mol. The van der Waals surface area contributed by atoms with E-state index in [0.717, 1.165) is 16.5 Å². The maximum absolute atomic E-state index is 12.4. The molecule has 1 amide bonds. The Labute approximate surface area is 179 Å². The number of hydrogen-bond donors (Lipinski definition) is 1. The molecular weight excluding hydrogens is 440 g/mol. The Morgan fingerprint density at radius 1 is 1.07 bits per heavy atom. The standard InChI is InChI=1S/C21H25BrN2O5/c1-5-9-29-20-16(22)10-14(11-19(20)27-4)13-23-24-21(25)15-7-8-17(26-3)18(12-15)28-6-2/h7-8,10-13H,5-6,9H2,1-4H3,(H,24,25)/b23-13+. The molecule has 0 saturated carbocycles. The molecule has 156 valence electrons. The number of carbonyl (C=O) groups excluding carboxylic acids is 1. The molecule has 7 nitrogen and oxygen atoms in total. The highest BCUT2D eigenvalue weighted by Gasteiger charge is 2.12. The summed E-state index contributed by atoms with van der Waals surface area (Å²) in [5.74, 6) is 1.92. The molecule has 0 spiro atoms. The van der Waals surface area contributed by atoms with Gasteiger partial charge >= 0.3 is 0 Å². The van der Waals surface area contributed by atoms with Gasteiger partial charge in [-0.2, -0.15) is 5.10 Å². The first-order valence-corrected chi connectivity index (χ1v) is 9.97. The topological polar surface area (TPSA) is 78.4 Å². The summed E-state index contributed by atoms with van der Waals surface area (Å²) in [4.78, 5) is 12.4. The van der Waals surface area contributed by atoms with Crippen LogP contribution in [0, 0.1) is 0 Å². The Hall–Kier alpha value is -2.74. The van der Waals surface area contributed by atoms with Crippen molar-refractivity contribution >= 4 is 28.1 Å². The van der Waals surface area contributed by atoms with Crippen molar-refractivity contribution in [3.63, 3.8) is 0 Å². The lowest BCUT2D eigenvalue weighted by Crippen LogP contribution is -2.17. The fourth-order valence-electron chi connectivity index (χ4n) is 2.47. The van der Waals surface area contributed by atoms with Gasteiger partial charge in [0.1, 0.15) is 0 Å². The van der Waals surface area contributed by atoms with E-state index < -0.39 is 0 Å². The number of benzene rings is 2. The Balaban J connectivity index is 2.12. The quantitative estimate of drug-likeness (QED) is 0.415. The number of nitrogens with one attached hydrogen (secondary N) is 1. The Morgan fingerprint density at radius 3 is 2.48 bits per heavy atom. The van der Waals surface area contributed by atoms with E-state index in [2.05, 4.69) is 26.5 Å². The summed E-state index contributed by atoms with van der Waals surface area (Å²) >= 11 is 3.48. The van der Waals surface area contributed by atoms with Crippen LogP contribution >= 0.6 is 15.9 Å². The lowest BCUT2D eigenvalue weighted by Gasteiger charge is -2.12. The van der Waals surface area contributed by atoms with Crippen molar-refractivity contribution in [3.8, 4) is 23.0 Å². The maximum atomic E-state index is 12.4. The molecule has 2 rings (SSSR count). The van der Waals surface area contributed by atoms with Gasteiger partial charge < -0.3 is 18.9 Å². The minimum absolute atomic E-state index is 0.362. The van der Waals surface area contributed by atoms with Crippen molar-refractivity contribution in [3.05, 3.63) is 45.9 Å². The molecule has 1 N–H and O–H groups in total. The molecule has 0 fully saturated rings. The van der Waals surface area contributed by atoms with Crippen LogP contribution < -0.4 is 24.4 Å². The van der Waals surface area contributed by atoms with Crippen LogP contribution in [0.2, 0.25) is 0 Å². The molecule has 0 aliphatic rings. The van der Waals surface area contributed by atoms with Gasteiger partial charge in [-0.05, 0) is 65.2 Å². The van der Waals surface area contributed by atoms with Crippen molar-refractivity contribution < 1.29 is 23.7 Å². The number of carbonyl (C=O) groups is 1. The fraction of sp³-hybridized carbons (Fsp3) is 0.333. The molecule has 0 bridgehead atoms. The van der Waals surface area contributed by atoms with E-state index in [1.54, 1.807) is 38.5 Å². The number of hydrogen-bond acceptors (Lipinski definition) is 6. The second-order valence-corrected chi connectivity index (χ2v) is 6.73. The van der Waals surface area contributed by atoms with Gasteiger partial charge in [0.05, 0.1) is 38.1 Å². The van der Waals surface area contributed by atoms with Crippen molar-refractivity contribution in [1.82, 2.24) is 5.43 Å². The first kappa shape index (κ1) is 22.5. The van der Waals surface area contributed by atoms with Crippen LogP contribution in [0.5, 0.6) is 23.0 Å². The smallest absolute Gasteiger partial charge is 0.271 e. The summed E-state index contributed by atoms with van der Waals surface area (Å²) in [7, 11) is 3.12. The summed E-state index contributed by atoms with van der Waals surface area (Å²) in [6, 6.07) is 8.56. The van der Waals surface area contributed by atoms with E-state index in [4.69, 9.17) is 18.9 Å². The Kier molecular flexibility index (Phi) is 8.79. The van der Waals surface area contributed by atoms with Gasteiger partial charge in [0.2, 0.25) is 0 Å². The van der Waals surface area contributed by atoms with E-state index in [1.807, 2.05) is 19.9 Å². The van der Waals surface area contributed by atoms with Crippen molar-refractivity contribution in [2.24, 2.45) is 5.10 Å². The minimum atomic E-state index is -0.362. The molecule has 8 heteroatoms. The summed E-state index contributed by atoms with van der Waals surface area (Å²) < 4.78 is 22.6. The minimum Gasteiger partial charge on any atom is -0.493 e. The monoisotopic (exact) mass is 464 g/mol. The van der Waals surface area contributed by atoms with E-state index in [9.17, 15) is 4.79 Å². The number of rotatable bonds is 10. The zero-order chi connectivity index (χ0) is 21.2. The Bertz CT molecular complexity index is 870. The molecule has 29 heavy (non-hydrogen) atoms. The first-order valence-electron chi connectivity index (χ1n) is 9.18. The molecule has 0 aliphatic heterocycles. The first-order chi connectivity index (χ1) is 14.0. The van der Waals surface area contributed by atoms with E-state index in [0.29, 0.717) is 41.8 Å². The highest BCUT2D eigenvalue weighted by molar-refractivity contribution is 9.10. The third-order valence-electron chi connectivity index (χ3n) is 3.81. The van der Waals surface area contributed by atoms with Crippen molar-refractivity contribution in [1.29, 1.82) is 0 Å². The van der Waals surface area contributed by atoms with Crippen LogP contribution in [0.25, 0.3) is 0 Å². The predicted octanol–water partition coefficient (Wildman–Crippen LogP) is 4.42. The van der Waals surface area contributed by atoms with Crippen molar-refractivity contribution in [2.45, 2.75) is 20.3 Å². The van der Waals surface area contributed by atoms with Crippen LogP contribution in [0.1, 0.15) is 36.2 Å². The molecule has 0 heterocycles. The van der Waals surface area contributed by atoms with Crippen LogP contribution in [0.15, 0.2) is 39.9 Å². The highest BCUT2D eigenvalue weighted by Crippen LogP contribution is 2.36. The zero-order valence-corrected chi connectivity index (χ0v) is 18.5. The number of halogens is 1. The lowest BCUT2D eigenvalue weighted by atomic mass is 10.2. The molecule has 2 aromatic rings. The summed E-state index contributed by atoms with van der Waals surface area (Å²) in [5, 5.41) is 4.03. The van der Waals surface area contributed by atoms with Gasteiger partial charge in [0.15, 0.2) is 23.0 Å². The third-order valence-corrected chi connectivity index (χ3v) is 4.40. The van der Waals surface area contributed by atoms with Gasteiger partial charge in [0, 0.05) is 5.56 Å².